The molecule has 0 heterocycles. The van der Waals surface area contributed by atoms with Crippen molar-refractivity contribution in [3.63, 3.8) is 0 Å². The number of methoxy groups -OCH3 is 1. The summed E-state index contributed by atoms with van der Waals surface area (Å²) in [5.41, 5.74) is 7.67. The molecular weight excluding hydrogens is 418 g/mol. The maximum atomic E-state index is 12.5. The van der Waals surface area contributed by atoms with Gasteiger partial charge in [-0.2, -0.15) is 0 Å². The number of nitrogens with one attached hydrogen (secondary N) is 3. The van der Waals surface area contributed by atoms with E-state index in [0.29, 0.717) is 5.75 Å². The third-order valence-corrected chi connectivity index (χ3v) is 6.60. The highest BCUT2D eigenvalue weighted by molar-refractivity contribution is 7.89. The second-order valence-electron chi connectivity index (χ2n) is 7.41. The molecule has 9 heteroatoms. The summed E-state index contributed by atoms with van der Waals surface area (Å²) in [5, 5.41) is 0. The summed E-state index contributed by atoms with van der Waals surface area (Å²) in [6, 6.07) is 12.2. The summed E-state index contributed by atoms with van der Waals surface area (Å²) < 4.78 is 32.5. The molecule has 0 saturated heterocycles. The van der Waals surface area contributed by atoms with E-state index in [1.807, 2.05) is 6.07 Å². The number of ether oxygens (including phenoxy) is 1. The molecule has 0 aliphatic heterocycles. The van der Waals surface area contributed by atoms with Crippen molar-refractivity contribution in [2.45, 2.75) is 43.4 Å². The normalized spacial score (nSPS) is 13.2. The minimum absolute atomic E-state index is 0.0698. The van der Waals surface area contributed by atoms with Crippen molar-refractivity contribution < 1.29 is 22.7 Å². The summed E-state index contributed by atoms with van der Waals surface area (Å²) in [6.07, 6.45) is 4.05. The van der Waals surface area contributed by atoms with Gasteiger partial charge in [-0.3, -0.25) is 20.4 Å². The van der Waals surface area contributed by atoms with Crippen LogP contribution in [0.15, 0.2) is 47.4 Å². The van der Waals surface area contributed by atoms with Gasteiger partial charge in [0.1, 0.15) is 5.75 Å². The van der Waals surface area contributed by atoms with Crippen LogP contribution in [0.2, 0.25) is 0 Å². The number of carbonyl (C=O) groups is 2. The Balaban J connectivity index is 1.41. The van der Waals surface area contributed by atoms with Crippen LogP contribution in [-0.2, 0) is 38.9 Å². The van der Waals surface area contributed by atoms with Crippen LogP contribution >= 0.6 is 0 Å². The van der Waals surface area contributed by atoms with E-state index in [9.17, 15) is 18.0 Å². The number of hydrogen-bond donors (Lipinski definition) is 3. The summed E-state index contributed by atoms with van der Waals surface area (Å²) in [6.45, 7) is -0.0698. The molecule has 0 aromatic heterocycles. The summed E-state index contributed by atoms with van der Waals surface area (Å²) in [5.74, 6) is -0.181. The van der Waals surface area contributed by atoms with E-state index in [-0.39, 0.29) is 30.2 Å². The van der Waals surface area contributed by atoms with Gasteiger partial charge >= 0.3 is 0 Å². The van der Waals surface area contributed by atoms with E-state index in [2.05, 4.69) is 15.6 Å². The Morgan fingerprint density at radius 2 is 1.61 bits per heavy atom. The fourth-order valence-corrected chi connectivity index (χ4v) is 4.52. The SMILES string of the molecule is COc1ccc(CC(=O)NNC(=O)CCNS(=O)(=O)c2ccc3c(c2)CCCC3)cc1. The van der Waals surface area contributed by atoms with Gasteiger partial charge < -0.3 is 4.74 Å². The monoisotopic (exact) mass is 445 g/mol. The van der Waals surface area contributed by atoms with E-state index >= 15 is 0 Å². The molecule has 166 valence electrons. The number of amides is 2. The van der Waals surface area contributed by atoms with Crippen molar-refractivity contribution in [1.82, 2.24) is 15.6 Å². The molecule has 0 radical (unpaired) electrons. The van der Waals surface area contributed by atoms with Gasteiger partial charge in [0, 0.05) is 13.0 Å². The Hall–Kier alpha value is -2.91. The first kappa shape index (κ1) is 22.8. The zero-order valence-electron chi connectivity index (χ0n) is 17.4. The second-order valence-corrected chi connectivity index (χ2v) is 9.17. The first-order valence-corrected chi connectivity index (χ1v) is 11.7. The molecule has 8 nitrogen and oxygen atoms in total. The van der Waals surface area contributed by atoms with Crippen LogP contribution < -0.4 is 20.3 Å². The van der Waals surface area contributed by atoms with Crippen molar-refractivity contribution in [1.29, 1.82) is 0 Å². The number of hydrazine groups is 1. The maximum absolute atomic E-state index is 12.5. The van der Waals surface area contributed by atoms with Gasteiger partial charge in [-0.15, -0.1) is 0 Å². The Labute approximate surface area is 182 Å². The van der Waals surface area contributed by atoms with E-state index in [4.69, 9.17) is 4.74 Å². The number of carbonyl (C=O) groups excluding carboxylic acids is 2. The summed E-state index contributed by atoms with van der Waals surface area (Å²) >= 11 is 0. The van der Waals surface area contributed by atoms with Crippen molar-refractivity contribution in [2.24, 2.45) is 0 Å². The smallest absolute Gasteiger partial charge is 0.242 e. The first-order chi connectivity index (χ1) is 14.9. The van der Waals surface area contributed by atoms with Gasteiger partial charge in [0.25, 0.3) is 0 Å². The van der Waals surface area contributed by atoms with Crippen LogP contribution in [0.4, 0.5) is 0 Å². The lowest BCUT2D eigenvalue weighted by atomic mass is 9.92. The lowest BCUT2D eigenvalue weighted by molar-refractivity contribution is -0.128. The zero-order chi connectivity index (χ0) is 22.3. The first-order valence-electron chi connectivity index (χ1n) is 10.2. The molecule has 2 aromatic carbocycles. The van der Waals surface area contributed by atoms with Crippen LogP contribution in [0.3, 0.4) is 0 Å². The van der Waals surface area contributed by atoms with Gasteiger partial charge in [0.2, 0.25) is 21.8 Å². The number of hydrogen-bond acceptors (Lipinski definition) is 5. The van der Waals surface area contributed by atoms with Crippen LogP contribution in [0.5, 0.6) is 5.75 Å². The molecule has 31 heavy (non-hydrogen) atoms. The van der Waals surface area contributed by atoms with Crippen molar-refractivity contribution >= 4 is 21.8 Å². The quantitative estimate of drug-likeness (QED) is 0.535. The zero-order valence-corrected chi connectivity index (χ0v) is 18.3. The number of rotatable bonds is 8. The third kappa shape index (κ3) is 6.53. The topological polar surface area (TPSA) is 114 Å². The molecule has 1 aliphatic carbocycles. The molecule has 3 rings (SSSR count). The van der Waals surface area contributed by atoms with E-state index in [1.54, 1.807) is 43.5 Å². The molecule has 0 saturated carbocycles. The average Bonchev–Trinajstić information content (AvgIpc) is 2.78. The highest BCUT2D eigenvalue weighted by Crippen LogP contribution is 2.24. The molecule has 0 fully saturated rings. The number of sulfonamides is 1. The van der Waals surface area contributed by atoms with Crippen LogP contribution in [0.25, 0.3) is 0 Å². The maximum Gasteiger partial charge on any atom is 0.242 e. The summed E-state index contributed by atoms with van der Waals surface area (Å²) in [4.78, 5) is 24.1. The fourth-order valence-electron chi connectivity index (χ4n) is 3.43. The van der Waals surface area contributed by atoms with Crippen LogP contribution in [0.1, 0.15) is 36.0 Å². The van der Waals surface area contributed by atoms with Gasteiger partial charge in [0.05, 0.1) is 18.4 Å². The molecule has 0 bridgehead atoms. The Morgan fingerprint density at radius 1 is 0.935 bits per heavy atom. The Morgan fingerprint density at radius 3 is 2.32 bits per heavy atom. The van der Waals surface area contributed by atoms with E-state index in [1.165, 1.54) is 5.56 Å². The minimum Gasteiger partial charge on any atom is -0.497 e. The molecule has 2 aromatic rings. The van der Waals surface area contributed by atoms with E-state index < -0.39 is 15.9 Å². The molecule has 3 N–H and O–H groups in total. The van der Waals surface area contributed by atoms with Crippen molar-refractivity contribution in [2.75, 3.05) is 13.7 Å². The second kappa shape index (κ2) is 10.4. The molecule has 0 atom stereocenters. The summed E-state index contributed by atoms with van der Waals surface area (Å²) in [7, 11) is -2.14. The average molecular weight is 446 g/mol. The standard InChI is InChI=1S/C22H27N3O5S/c1-30-19-9-6-16(7-10-19)14-22(27)25-24-21(26)12-13-23-31(28,29)20-11-8-17-4-2-3-5-18(17)15-20/h6-11,15,23H,2-5,12-14H2,1H3,(H,24,26)(H,25,27). The Bertz CT molecular complexity index is 1040. The van der Waals surface area contributed by atoms with Crippen LogP contribution in [0, 0.1) is 0 Å². The van der Waals surface area contributed by atoms with Gasteiger partial charge in [-0.25, -0.2) is 13.1 Å². The number of benzene rings is 2. The van der Waals surface area contributed by atoms with Crippen molar-refractivity contribution in [3.05, 3.63) is 59.2 Å². The predicted molar refractivity (Wildman–Crippen MR) is 116 cm³/mol. The third-order valence-electron chi connectivity index (χ3n) is 5.14. The van der Waals surface area contributed by atoms with E-state index in [0.717, 1.165) is 36.8 Å². The van der Waals surface area contributed by atoms with Crippen LogP contribution in [-0.4, -0.2) is 33.9 Å². The van der Waals surface area contributed by atoms with Gasteiger partial charge in [0.15, 0.2) is 0 Å². The molecule has 1 aliphatic rings. The predicted octanol–water partition coefficient (Wildman–Crippen LogP) is 1.63. The lowest BCUT2D eigenvalue weighted by Gasteiger charge is -2.16. The molecular formula is C22H27N3O5S. The largest absolute Gasteiger partial charge is 0.497 e. The minimum atomic E-state index is -3.69. The Kier molecular flexibility index (Phi) is 7.64. The van der Waals surface area contributed by atoms with Gasteiger partial charge in [-0.05, 0) is 66.6 Å². The number of fused-ring (bicyclic) bond motifs is 1. The molecule has 0 unspecified atom stereocenters. The molecule has 0 spiro atoms. The molecule has 2 amide bonds. The number of aryl methyl sites for hydroxylation is 2. The highest BCUT2D eigenvalue weighted by Gasteiger charge is 2.18. The van der Waals surface area contributed by atoms with Crippen molar-refractivity contribution in [3.8, 4) is 5.75 Å². The fraction of sp³-hybridized carbons (Fsp3) is 0.364. The highest BCUT2D eigenvalue weighted by atomic mass is 32.2. The van der Waals surface area contributed by atoms with Gasteiger partial charge in [-0.1, -0.05) is 18.2 Å². The lowest BCUT2D eigenvalue weighted by Crippen LogP contribution is -2.43.